The summed E-state index contributed by atoms with van der Waals surface area (Å²) in [7, 11) is 0. The van der Waals surface area contributed by atoms with E-state index in [1.807, 2.05) is 41.9 Å². The van der Waals surface area contributed by atoms with Crippen molar-refractivity contribution in [2.45, 2.75) is 47.6 Å². The Kier molecular flexibility index (Phi) is 5.82. The summed E-state index contributed by atoms with van der Waals surface area (Å²) >= 11 is 0. The Morgan fingerprint density at radius 3 is 2.50 bits per heavy atom. The number of ether oxygens (including phenoxy) is 1. The molecule has 0 aliphatic rings. The number of benzene rings is 1. The first-order valence-electron chi connectivity index (χ1n) is 9.91. The van der Waals surface area contributed by atoms with Gasteiger partial charge in [0, 0.05) is 11.6 Å². The van der Waals surface area contributed by atoms with Gasteiger partial charge in [-0.15, -0.1) is 0 Å². The van der Waals surface area contributed by atoms with E-state index in [-0.39, 0.29) is 12.0 Å². The third-order valence-electron chi connectivity index (χ3n) is 5.31. The molecule has 5 nitrogen and oxygen atoms in total. The van der Waals surface area contributed by atoms with E-state index in [0.717, 1.165) is 22.2 Å². The van der Waals surface area contributed by atoms with Crippen molar-refractivity contribution in [1.82, 2.24) is 14.8 Å². The number of rotatable bonds is 6. The van der Waals surface area contributed by atoms with E-state index in [1.165, 1.54) is 0 Å². The molecule has 0 spiro atoms. The minimum absolute atomic E-state index is 0.141. The second-order valence-corrected chi connectivity index (χ2v) is 8.11. The fourth-order valence-corrected chi connectivity index (χ4v) is 3.04. The lowest BCUT2D eigenvalue weighted by molar-refractivity contribution is 0.0422. The Balaban J connectivity index is 2.10. The van der Waals surface area contributed by atoms with Crippen LogP contribution in [-0.2, 0) is 4.74 Å². The first-order chi connectivity index (χ1) is 13.3. The number of carbonyl (C=O) groups is 1. The summed E-state index contributed by atoms with van der Waals surface area (Å²) in [5, 5.41) is 5.19. The third kappa shape index (κ3) is 3.93. The van der Waals surface area contributed by atoms with Crippen LogP contribution in [0.4, 0.5) is 0 Å². The number of hydrogen-bond acceptors (Lipinski definition) is 4. The van der Waals surface area contributed by atoms with Crippen LogP contribution in [0.2, 0.25) is 0 Å². The molecule has 0 fully saturated rings. The van der Waals surface area contributed by atoms with Crippen LogP contribution in [0, 0.1) is 18.8 Å². The van der Waals surface area contributed by atoms with E-state index in [2.05, 4.69) is 39.7 Å². The van der Waals surface area contributed by atoms with Crippen LogP contribution in [0.5, 0.6) is 0 Å². The van der Waals surface area contributed by atoms with Gasteiger partial charge in [-0.05, 0) is 44.2 Å². The molecule has 0 radical (unpaired) electrons. The minimum Gasteiger partial charge on any atom is -0.462 e. The number of carbonyl (C=O) groups excluding carboxylic acids is 1. The summed E-state index contributed by atoms with van der Waals surface area (Å²) in [6.07, 6.45) is 1.71. The van der Waals surface area contributed by atoms with Gasteiger partial charge >= 0.3 is 5.97 Å². The van der Waals surface area contributed by atoms with Crippen molar-refractivity contribution >= 4 is 17.0 Å². The monoisotopic (exact) mass is 379 g/mol. The van der Waals surface area contributed by atoms with Gasteiger partial charge in [0.05, 0.1) is 29.4 Å². The molecule has 0 bridgehead atoms. The van der Waals surface area contributed by atoms with E-state index in [4.69, 9.17) is 9.72 Å². The molecule has 0 amide bonds. The highest BCUT2D eigenvalue weighted by molar-refractivity contribution is 6.03. The number of aromatic nitrogens is 3. The van der Waals surface area contributed by atoms with Gasteiger partial charge in [-0.25, -0.2) is 14.5 Å². The number of nitrogens with zero attached hydrogens (tertiary/aromatic N) is 3. The van der Waals surface area contributed by atoms with E-state index >= 15 is 0 Å². The fraction of sp³-hybridized carbons (Fsp3) is 0.435. The summed E-state index contributed by atoms with van der Waals surface area (Å²) in [5.41, 5.74) is 4.10. The number of fused-ring (bicyclic) bond motifs is 1. The van der Waals surface area contributed by atoms with Gasteiger partial charge < -0.3 is 4.74 Å². The van der Waals surface area contributed by atoms with E-state index in [0.29, 0.717) is 29.7 Å². The summed E-state index contributed by atoms with van der Waals surface area (Å²) in [6, 6.07) is 10.0. The number of aryl methyl sites for hydroxylation is 1. The lowest BCUT2D eigenvalue weighted by atomic mass is 9.99. The molecule has 2 heterocycles. The average molecular weight is 380 g/mol. The maximum atomic E-state index is 12.9. The molecule has 0 aliphatic carbocycles. The fourth-order valence-electron chi connectivity index (χ4n) is 3.04. The molecule has 0 aliphatic heterocycles. The Morgan fingerprint density at radius 2 is 1.86 bits per heavy atom. The summed E-state index contributed by atoms with van der Waals surface area (Å²) in [4.78, 5) is 17.8. The normalized spacial score (nSPS) is 12.7. The molecular formula is C23H29N3O2. The van der Waals surface area contributed by atoms with Crippen LogP contribution in [-0.4, -0.2) is 27.3 Å². The largest absolute Gasteiger partial charge is 0.462 e. The minimum atomic E-state index is -0.321. The molecule has 5 heteroatoms. The first kappa shape index (κ1) is 20.1. The standard InChI is InChI=1S/C23H29N3O2/c1-14(2)17(6)13-28-23(27)19-11-21(18-10-8-7-9-16(18)5)25-22-20(19)12-24-26(22)15(3)4/h7-12,14-15,17H,13H2,1-6H3. The van der Waals surface area contributed by atoms with Crippen molar-refractivity contribution in [2.75, 3.05) is 6.61 Å². The highest BCUT2D eigenvalue weighted by Gasteiger charge is 2.21. The van der Waals surface area contributed by atoms with Crippen molar-refractivity contribution in [3.05, 3.63) is 47.7 Å². The average Bonchev–Trinajstić information content (AvgIpc) is 3.09. The number of pyridine rings is 1. The lowest BCUT2D eigenvalue weighted by Gasteiger charge is -2.16. The molecule has 28 heavy (non-hydrogen) atoms. The molecule has 1 unspecified atom stereocenters. The number of hydrogen-bond donors (Lipinski definition) is 0. The topological polar surface area (TPSA) is 57.0 Å². The van der Waals surface area contributed by atoms with Crippen molar-refractivity contribution < 1.29 is 9.53 Å². The van der Waals surface area contributed by atoms with Gasteiger partial charge in [-0.1, -0.05) is 45.0 Å². The molecule has 0 N–H and O–H groups in total. The van der Waals surface area contributed by atoms with Crippen LogP contribution in [0.15, 0.2) is 36.5 Å². The predicted octanol–water partition coefficient (Wildman–Crippen LogP) is 5.44. The molecule has 148 valence electrons. The Hall–Kier alpha value is -2.69. The molecule has 0 saturated carbocycles. The van der Waals surface area contributed by atoms with Gasteiger partial charge in [-0.3, -0.25) is 0 Å². The maximum Gasteiger partial charge on any atom is 0.339 e. The van der Waals surface area contributed by atoms with Gasteiger partial charge in [0.1, 0.15) is 0 Å². The summed E-state index contributed by atoms with van der Waals surface area (Å²) < 4.78 is 7.50. The first-order valence-corrected chi connectivity index (χ1v) is 9.91. The Morgan fingerprint density at radius 1 is 1.14 bits per heavy atom. The smallest absolute Gasteiger partial charge is 0.339 e. The van der Waals surface area contributed by atoms with Crippen molar-refractivity contribution in [2.24, 2.45) is 11.8 Å². The number of esters is 1. The quantitative estimate of drug-likeness (QED) is 0.535. The molecule has 2 aromatic heterocycles. The highest BCUT2D eigenvalue weighted by Crippen LogP contribution is 2.28. The van der Waals surface area contributed by atoms with Crippen LogP contribution in [0.25, 0.3) is 22.3 Å². The Bertz CT molecular complexity index is 989. The molecule has 1 aromatic carbocycles. The summed E-state index contributed by atoms with van der Waals surface area (Å²) in [6.45, 7) is 12.9. The van der Waals surface area contributed by atoms with Crippen LogP contribution in [0.3, 0.4) is 0 Å². The second kappa shape index (κ2) is 8.13. The maximum absolute atomic E-state index is 12.9. The molecule has 1 atom stereocenters. The lowest BCUT2D eigenvalue weighted by Crippen LogP contribution is -2.16. The zero-order valence-electron chi connectivity index (χ0n) is 17.6. The van der Waals surface area contributed by atoms with Crippen LogP contribution >= 0.6 is 0 Å². The van der Waals surface area contributed by atoms with E-state index < -0.39 is 0 Å². The molecule has 3 rings (SSSR count). The summed E-state index contributed by atoms with van der Waals surface area (Å²) in [5.74, 6) is 0.435. The Labute approximate surface area is 166 Å². The van der Waals surface area contributed by atoms with Crippen LogP contribution in [0.1, 0.15) is 56.6 Å². The van der Waals surface area contributed by atoms with Crippen molar-refractivity contribution in [3.63, 3.8) is 0 Å². The zero-order chi connectivity index (χ0) is 20.4. The molecular weight excluding hydrogens is 350 g/mol. The SMILES string of the molecule is Cc1ccccc1-c1cc(C(=O)OCC(C)C(C)C)c2cnn(C(C)C)c2n1. The highest BCUT2D eigenvalue weighted by atomic mass is 16.5. The van der Waals surface area contributed by atoms with E-state index in [1.54, 1.807) is 6.20 Å². The van der Waals surface area contributed by atoms with Gasteiger partial charge in [-0.2, -0.15) is 5.10 Å². The molecule has 3 aromatic rings. The van der Waals surface area contributed by atoms with E-state index in [9.17, 15) is 4.79 Å². The molecule has 0 saturated heterocycles. The van der Waals surface area contributed by atoms with Gasteiger partial charge in [0.25, 0.3) is 0 Å². The van der Waals surface area contributed by atoms with Gasteiger partial charge in [0.2, 0.25) is 0 Å². The van der Waals surface area contributed by atoms with Crippen molar-refractivity contribution in [1.29, 1.82) is 0 Å². The van der Waals surface area contributed by atoms with Crippen molar-refractivity contribution in [3.8, 4) is 11.3 Å². The van der Waals surface area contributed by atoms with Gasteiger partial charge in [0.15, 0.2) is 5.65 Å². The second-order valence-electron chi connectivity index (χ2n) is 8.11. The van der Waals surface area contributed by atoms with Crippen LogP contribution < -0.4 is 0 Å². The third-order valence-corrected chi connectivity index (χ3v) is 5.31. The zero-order valence-corrected chi connectivity index (χ0v) is 17.6. The predicted molar refractivity (Wildman–Crippen MR) is 112 cm³/mol.